The number of rotatable bonds is 5. The molecular weight excluding hydrogens is 377 g/mol. The number of amides is 3. The Morgan fingerprint density at radius 1 is 1.24 bits per heavy atom. The molecule has 0 spiro atoms. The summed E-state index contributed by atoms with van der Waals surface area (Å²) in [5.74, 6) is -1.23. The molecule has 1 aromatic carbocycles. The Balaban J connectivity index is 1.53. The van der Waals surface area contributed by atoms with E-state index in [1.165, 1.54) is 31.3 Å². The Bertz CT molecular complexity index is 919. The average Bonchev–Trinajstić information content (AvgIpc) is 3.13. The summed E-state index contributed by atoms with van der Waals surface area (Å²) in [7, 11) is 1.75. The third kappa shape index (κ3) is 5.18. The SMILES string of the molecule is CC(=O)Nc1ccc(F)c(C(=O)N2CCC(CNC(=O)c3cnn(C)c3)CC2)c1. The molecule has 0 atom stereocenters. The minimum atomic E-state index is -0.616. The molecule has 1 saturated heterocycles. The van der Waals surface area contributed by atoms with Crippen molar-refractivity contribution in [2.24, 2.45) is 13.0 Å². The van der Waals surface area contributed by atoms with Crippen LogP contribution in [0.2, 0.25) is 0 Å². The molecule has 1 aromatic heterocycles. The number of halogens is 1. The first-order chi connectivity index (χ1) is 13.8. The Kier molecular flexibility index (Phi) is 6.26. The molecule has 3 amide bonds. The molecule has 2 aromatic rings. The van der Waals surface area contributed by atoms with Crippen molar-refractivity contribution in [3.05, 3.63) is 47.5 Å². The highest BCUT2D eigenvalue weighted by Gasteiger charge is 2.26. The fraction of sp³-hybridized carbons (Fsp3) is 0.400. The van der Waals surface area contributed by atoms with Gasteiger partial charge in [0, 0.05) is 45.5 Å². The lowest BCUT2D eigenvalue weighted by molar-refractivity contribution is -0.114. The van der Waals surface area contributed by atoms with Crippen molar-refractivity contribution in [2.45, 2.75) is 19.8 Å². The molecule has 1 aliphatic heterocycles. The van der Waals surface area contributed by atoms with Crippen LogP contribution in [0.25, 0.3) is 0 Å². The van der Waals surface area contributed by atoms with Gasteiger partial charge in [-0.2, -0.15) is 5.10 Å². The third-order valence-corrected chi connectivity index (χ3v) is 4.94. The zero-order chi connectivity index (χ0) is 21.0. The molecule has 0 bridgehead atoms. The summed E-state index contributed by atoms with van der Waals surface area (Å²) in [6.45, 7) is 2.83. The van der Waals surface area contributed by atoms with Crippen LogP contribution in [0.5, 0.6) is 0 Å². The number of anilines is 1. The molecule has 2 heterocycles. The number of hydrogen-bond donors (Lipinski definition) is 2. The average molecular weight is 401 g/mol. The highest BCUT2D eigenvalue weighted by molar-refractivity contribution is 5.97. The minimum Gasteiger partial charge on any atom is -0.352 e. The minimum absolute atomic E-state index is 0.0559. The second kappa shape index (κ2) is 8.85. The van der Waals surface area contributed by atoms with Gasteiger partial charge in [0.25, 0.3) is 11.8 Å². The van der Waals surface area contributed by atoms with E-state index in [-0.39, 0.29) is 23.3 Å². The first kappa shape index (κ1) is 20.5. The first-order valence-corrected chi connectivity index (χ1v) is 9.46. The molecule has 8 nitrogen and oxygen atoms in total. The van der Waals surface area contributed by atoms with Crippen molar-refractivity contribution in [2.75, 3.05) is 25.0 Å². The van der Waals surface area contributed by atoms with Gasteiger partial charge in [-0.3, -0.25) is 19.1 Å². The Hall–Kier alpha value is -3.23. The highest BCUT2D eigenvalue weighted by Crippen LogP contribution is 2.22. The molecule has 0 radical (unpaired) electrons. The van der Waals surface area contributed by atoms with Gasteiger partial charge in [0.05, 0.1) is 17.3 Å². The van der Waals surface area contributed by atoms with Crippen LogP contribution in [0.3, 0.4) is 0 Å². The highest BCUT2D eigenvalue weighted by atomic mass is 19.1. The molecule has 0 saturated carbocycles. The van der Waals surface area contributed by atoms with Crippen LogP contribution in [-0.4, -0.2) is 52.0 Å². The molecule has 3 rings (SSSR count). The lowest BCUT2D eigenvalue weighted by Gasteiger charge is -2.32. The second-order valence-corrected chi connectivity index (χ2v) is 7.22. The number of carbonyl (C=O) groups excluding carboxylic acids is 3. The van der Waals surface area contributed by atoms with Crippen LogP contribution in [0, 0.1) is 11.7 Å². The fourth-order valence-electron chi connectivity index (χ4n) is 3.36. The van der Waals surface area contributed by atoms with Gasteiger partial charge in [-0.1, -0.05) is 0 Å². The van der Waals surface area contributed by atoms with E-state index in [2.05, 4.69) is 15.7 Å². The first-order valence-electron chi connectivity index (χ1n) is 9.46. The molecule has 154 valence electrons. The molecule has 9 heteroatoms. The summed E-state index contributed by atoms with van der Waals surface area (Å²) in [6.07, 6.45) is 4.60. The third-order valence-electron chi connectivity index (χ3n) is 4.94. The van der Waals surface area contributed by atoms with E-state index in [0.717, 1.165) is 0 Å². The van der Waals surface area contributed by atoms with Gasteiger partial charge in [0.15, 0.2) is 0 Å². The Morgan fingerprint density at radius 3 is 2.59 bits per heavy atom. The number of likely N-dealkylation sites (tertiary alicyclic amines) is 1. The largest absolute Gasteiger partial charge is 0.352 e. The Morgan fingerprint density at radius 2 is 1.97 bits per heavy atom. The van der Waals surface area contributed by atoms with E-state index in [4.69, 9.17) is 0 Å². The number of nitrogens with zero attached hydrogens (tertiary/aromatic N) is 3. The Labute approximate surface area is 168 Å². The molecule has 1 aliphatic rings. The van der Waals surface area contributed by atoms with E-state index < -0.39 is 11.7 Å². The molecule has 1 fully saturated rings. The van der Waals surface area contributed by atoms with E-state index in [1.54, 1.807) is 22.8 Å². The van der Waals surface area contributed by atoms with E-state index in [1.807, 2.05) is 0 Å². The summed E-state index contributed by atoms with van der Waals surface area (Å²) >= 11 is 0. The van der Waals surface area contributed by atoms with Gasteiger partial charge < -0.3 is 15.5 Å². The van der Waals surface area contributed by atoms with Crippen molar-refractivity contribution >= 4 is 23.4 Å². The van der Waals surface area contributed by atoms with E-state index in [9.17, 15) is 18.8 Å². The fourth-order valence-corrected chi connectivity index (χ4v) is 3.36. The summed E-state index contributed by atoms with van der Waals surface area (Å²) in [5, 5.41) is 9.43. The van der Waals surface area contributed by atoms with Gasteiger partial charge in [0.2, 0.25) is 5.91 Å². The van der Waals surface area contributed by atoms with Crippen molar-refractivity contribution < 1.29 is 18.8 Å². The normalized spacial score (nSPS) is 14.5. The lowest BCUT2D eigenvalue weighted by Crippen LogP contribution is -2.41. The van der Waals surface area contributed by atoms with Gasteiger partial charge in [-0.25, -0.2) is 4.39 Å². The standard InChI is InChI=1S/C20H24FN5O3/c1-13(27)24-16-3-4-18(21)17(9-16)20(29)26-7-5-14(6-8-26)10-22-19(28)15-11-23-25(2)12-15/h3-4,9,11-12,14H,5-8,10H2,1-2H3,(H,22,28)(H,24,27). The van der Waals surface area contributed by atoms with Gasteiger partial charge >= 0.3 is 0 Å². The van der Waals surface area contributed by atoms with E-state index >= 15 is 0 Å². The number of nitrogens with one attached hydrogen (secondary N) is 2. The second-order valence-electron chi connectivity index (χ2n) is 7.22. The van der Waals surface area contributed by atoms with Crippen molar-refractivity contribution in [1.29, 1.82) is 0 Å². The number of piperidine rings is 1. The molecule has 0 aliphatic carbocycles. The molecule has 0 unspecified atom stereocenters. The molecule has 2 N–H and O–H groups in total. The van der Waals surface area contributed by atoms with E-state index in [0.29, 0.717) is 43.7 Å². The van der Waals surface area contributed by atoms with Crippen molar-refractivity contribution in [1.82, 2.24) is 20.0 Å². The maximum atomic E-state index is 14.1. The summed E-state index contributed by atoms with van der Waals surface area (Å²) in [5.41, 5.74) is 0.837. The van der Waals surface area contributed by atoms with Gasteiger partial charge in [-0.05, 0) is 37.0 Å². The quantitative estimate of drug-likeness (QED) is 0.799. The predicted molar refractivity (Wildman–Crippen MR) is 105 cm³/mol. The van der Waals surface area contributed by atoms with Gasteiger partial charge in [-0.15, -0.1) is 0 Å². The number of benzene rings is 1. The summed E-state index contributed by atoms with van der Waals surface area (Å²) in [4.78, 5) is 37.6. The van der Waals surface area contributed by atoms with Crippen molar-refractivity contribution in [3.8, 4) is 0 Å². The zero-order valence-electron chi connectivity index (χ0n) is 16.4. The van der Waals surface area contributed by atoms with Crippen LogP contribution in [-0.2, 0) is 11.8 Å². The number of aryl methyl sites for hydroxylation is 1. The van der Waals surface area contributed by atoms with Crippen molar-refractivity contribution in [3.63, 3.8) is 0 Å². The molecular formula is C20H24FN5O3. The number of hydrogen-bond acceptors (Lipinski definition) is 4. The predicted octanol–water partition coefficient (Wildman–Crippen LogP) is 1.80. The maximum absolute atomic E-state index is 14.1. The summed E-state index contributed by atoms with van der Waals surface area (Å²) in [6, 6.07) is 3.96. The van der Waals surface area contributed by atoms with Crippen LogP contribution in [0.1, 0.15) is 40.5 Å². The summed E-state index contributed by atoms with van der Waals surface area (Å²) < 4.78 is 15.7. The maximum Gasteiger partial charge on any atom is 0.256 e. The number of aromatic nitrogens is 2. The zero-order valence-corrected chi connectivity index (χ0v) is 16.4. The smallest absolute Gasteiger partial charge is 0.256 e. The monoisotopic (exact) mass is 401 g/mol. The number of carbonyl (C=O) groups is 3. The van der Waals surface area contributed by atoms with Crippen LogP contribution >= 0.6 is 0 Å². The lowest BCUT2D eigenvalue weighted by atomic mass is 9.96. The van der Waals surface area contributed by atoms with Crippen LogP contribution in [0.4, 0.5) is 10.1 Å². The topological polar surface area (TPSA) is 96.3 Å². The van der Waals surface area contributed by atoms with Crippen LogP contribution < -0.4 is 10.6 Å². The molecule has 29 heavy (non-hydrogen) atoms. The van der Waals surface area contributed by atoms with Crippen LogP contribution in [0.15, 0.2) is 30.6 Å². The van der Waals surface area contributed by atoms with Gasteiger partial charge in [0.1, 0.15) is 5.82 Å².